The first-order valence-electron chi connectivity index (χ1n) is 6.27. The van der Waals surface area contributed by atoms with Crippen molar-refractivity contribution in [2.24, 2.45) is 17.8 Å². The fourth-order valence-corrected chi connectivity index (χ4v) is 4.18. The molecule has 0 aliphatic heterocycles. The van der Waals surface area contributed by atoms with Crippen LogP contribution in [0.5, 0.6) is 0 Å². The van der Waals surface area contributed by atoms with Gasteiger partial charge in [0.1, 0.15) is 5.82 Å². The van der Waals surface area contributed by atoms with Crippen molar-refractivity contribution in [1.29, 1.82) is 0 Å². The van der Waals surface area contributed by atoms with E-state index < -0.39 is 0 Å². The Kier molecular flexibility index (Phi) is 3.31. The normalized spacial score (nSPS) is 30.8. The average Bonchev–Trinajstić information content (AvgIpc) is 2.89. The maximum atomic E-state index is 5.88. The summed E-state index contributed by atoms with van der Waals surface area (Å²) in [5.41, 5.74) is 0. The number of anilines is 1. The summed E-state index contributed by atoms with van der Waals surface area (Å²) >= 11 is 9.36. The third kappa shape index (κ3) is 2.45. The summed E-state index contributed by atoms with van der Waals surface area (Å²) in [6.45, 7) is 1.05. The Morgan fingerprint density at radius 2 is 2.29 bits per heavy atom. The second kappa shape index (κ2) is 4.77. The number of nitrogens with one attached hydrogen (secondary N) is 1. The van der Waals surface area contributed by atoms with Crippen molar-refractivity contribution in [2.45, 2.75) is 25.7 Å². The summed E-state index contributed by atoms with van der Waals surface area (Å²) in [4.78, 5) is 4.31. The summed E-state index contributed by atoms with van der Waals surface area (Å²) in [5.74, 6) is 3.72. The second-order valence-electron chi connectivity index (χ2n) is 5.30. The maximum Gasteiger partial charge on any atom is 0.140 e. The van der Waals surface area contributed by atoms with Gasteiger partial charge in [0.2, 0.25) is 0 Å². The van der Waals surface area contributed by atoms with Gasteiger partial charge in [0.25, 0.3) is 0 Å². The lowest BCUT2D eigenvalue weighted by atomic mass is 9.89. The summed E-state index contributed by atoms with van der Waals surface area (Å²) in [7, 11) is 0. The first kappa shape index (κ1) is 11.8. The van der Waals surface area contributed by atoms with Crippen molar-refractivity contribution in [3.05, 3.63) is 21.8 Å². The standard InChI is InChI=1S/C13H16BrClN2/c14-12-5-11(15)7-17-13(12)16-6-10-4-8-1-2-9(10)3-8/h5,7-10H,1-4,6H2,(H,16,17). The largest absolute Gasteiger partial charge is 0.369 e. The molecular weight excluding hydrogens is 300 g/mol. The zero-order valence-electron chi connectivity index (χ0n) is 9.63. The van der Waals surface area contributed by atoms with E-state index in [1.54, 1.807) is 6.20 Å². The molecule has 3 rings (SSSR count). The van der Waals surface area contributed by atoms with Gasteiger partial charge in [0, 0.05) is 12.7 Å². The van der Waals surface area contributed by atoms with Crippen LogP contribution in [0.3, 0.4) is 0 Å². The average molecular weight is 316 g/mol. The number of halogens is 2. The number of pyridine rings is 1. The van der Waals surface area contributed by atoms with Gasteiger partial charge in [0.15, 0.2) is 0 Å². The molecule has 0 radical (unpaired) electrons. The van der Waals surface area contributed by atoms with E-state index in [0.29, 0.717) is 5.02 Å². The molecule has 2 bridgehead atoms. The number of rotatable bonds is 3. The maximum absolute atomic E-state index is 5.88. The summed E-state index contributed by atoms with van der Waals surface area (Å²) in [6.07, 6.45) is 7.45. The Labute approximate surface area is 115 Å². The van der Waals surface area contributed by atoms with Crippen molar-refractivity contribution < 1.29 is 0 Å². The molecule has 3 unspecified atom stereocenters. The van der Waals surface area contributed by atoms with Crippen LogP contribution >= 0.6 is 27.5 Å². The van der Waals surface area contributed by atoms with Crippen LogP contribution in [0.25, 0.3) is 0 Å². The van der Waals surface area contributed by atoms with Gasteiger partial charge >= 0.3 is 0 Å². The molecule has 1 heterocycles. The van der Waals surface area contributed by atoms with Gasteiger partial charge in [-0.05, 0) is 59.0 Å². The predicted octanol–water partition coefficient (Wildman–Crippen LogP) is 4.35. The van der Waals surface area contributed by atoms with Gasteiger partial charge in [-0.1, -0.05) is 18.0 Å². The zero-order chi connectivity index (χ0) is 11.8. The van der Waals surface area contributed by atoms with Crippen molar-refractivity contribution in [1.82, 2.24) is 4.98 Å². The molecule has 0 amide bonds. The molecule has 0 aromatic carbocycles. The highest BCUT2D eigenvalue weighted by Gasteiger charge is 2.39. The first-order valence-corrected chi connectivity index (χ1v) is 7.44. The summed E-state index contributed by atoms with van der Waals surface area (Å²) in [5, 5.41) is 4.12. The van der Waals surface area contributed by atoms with Crippen molar-refractivity contribution in [3.8, 4) is 0 Å². The molecule has 2 nitrogen and oxygen atoms in total. The molecule has 2 aliphatic rings. The van der Waals surface area contributed by atoms with Gasteiger partial charge in [-0.3, -0.25) is 0 Å². The van der Waals surface area contributed by atoms with Crippen LogP contribution in [0.4, 0.5) is 5.82 Å². The lowest BCUT2D eigenvalue weighted by Crippen LogP contribution is -2.20. The van der Waals surface area contributed by atoms with Gasteiger partial charge in [-0.15, -0.1) is 0 Å². The third-order valence-electron chi connectivity index (χ3n) is 4.22. The van der Waals surface area contributed by atoms with Crippen molar-refractivity contribution in [2.75, 3.05) is 11.9 Å². The van der Waals surface area contributed by atoms with Crippen molar-refractivity contribution in [3.63, 3.8) is 0 Å². The Morgan fingerprint density at radius 1 is 1.41 bits per heavy atom. The van der Waals surface area contributed by atoms with E-state index in [0.717, 1.165) is 34.6 Å². The lowest BCUT2D eigenvalue weighted by Gasteiger charge is -2.22. The van der Waals surface area contributed by atoms with Crippen LogP contribution in [0.2, 0.25) is 5.02 Å². The third-order valence-corrected chi connectivity index (χ3v) is 5.04. The van der Waals surface area contributed by atoms with Gasteiger partial charge in [0.05, 0.1) is 9.50 Å². The molecule has 1 N–H and O–H groups in total. The first-order chi connectivity index (χ1) is 8.22. The minimum Gasteiger partial charge on any atom is -0.369 e. The second-order valence-corrected chi connectivity index (χ2v) is 6.59. The molecule has 2 saturated carbocycles. The molecule has 4 heteroatoms. The minimum absolute atomic E-state index is 0.669. The topological polar surface area (TPSA) is 24.9 Å². The molecule has 2 aliphatic carbocycles. The van der Waals surface area contributed by atoms with E-state index in [-0.39, 0.29) is 0 Å². The molecule has 17 heavy (non-hydrogen) atoms. The number of nitrogens with zero attached hydrogens (tertiary/aromatic N) is 1. The van der Waals surface area contributed by atoms with E-state index in [1.807, 2.05) is 6.07 Å². The van der Waals surface area contributed by atoms with Crippen LogP contribution in [0.1, 0.15) is 25.7 Å². The number of fused-ring (bicyclic) bond motifs is 2. The molecular formula is C13H16BrClN2. The van der Waals surface area contributed by atoms with Crippen LogP contribution in [-0.4, -0.2) is 11.5 Å². The number of hydrogen-bond donors (Lipinski definition) is 1. The molecule has 0 saturated heterocycles. The van der Waals surface area contributed by atoms with E-state index in [1.165, 1.54) is 25.7 Å². The van der Waals surface area contributed by atoms with E-state index in [2.05, 4.69) is 26.2 Å². The van der Waals surface area contributed by atoms with Crippen LogP contribution < -0.4 is 5.32 Å². The summed E-state index contributed by atoms with van der Waals surface area (Å²) < 4.78 is 0.952. The van der Waals surface area contributed by atoms with E-state index in [4.69, 9.17) is 11.6 Å². The monoisotopic (exact) mass is 314 g/mol. The van der Waals surface area contributed by atoms with Crippen molar-refractivity contribution >= 4 is 33.3 Å². The molecule has 0 spiro atoms. The van der Waals surface area contributed by atoms with Crippen LogP contribution in [0, 0.1) is 17.8 Å². The summed E-state index contributed by atoms with van der Waals surface area (Å²) in [6, 6.07) is 1.89. The van der Waals surface area contributed by atoms with Gasteiger partial charge in [-0.2, -0.15) is 0 Å². The highest BCUT2D eigenvalue weighted by molar-refractivity contribution is 9.10. The molecule has 92 valence electrons. The zero-order valence-corrected chi connectivity index (χ0v) is 12.0. The van der Waals surface area contributed by atoms with Gasteiger partial charge in [-0.25, -0.2) is 4.98 Å². The van der Waals surface area contributed by atoms with Crippen LogP contribution in [0.15, 0.2) is 16.7 Å². The SMILES string of the molecule is Clc1cnc(NCC2CC3CCC2C3)c(Br)c1. The fraction of sp³-hybridized carbons (Fsp3) is 0.615. The van der Waals surface area contributed by atoms with Crippen LogP contribution in [-0.2, 0) is 0 Å². The highest BCUT2D eigenvalue weighted by Crippen LogP contribution is 2.48. The highest BCUT2D eigenvalue weighted by atomic mass is 79.9. The predicted molar refractivity (Wildman–Crippen MR) is 74.4 cm³/mol. The molecule has 2 fully saturated rings. The lowest BCUT2D eigenvalue weighted by molar-refractivity contribution is 0.348. The Bertz CT molecular complexity index is 424. The number of aromatic nitrogens is 1. The molecule has 1 aromatic heterocycles. The van der Waals surface area contributed by atoms with Gasteiger partial charge < -0.3 is 5.32 Å². The Balaban J connectivity index is 1.60. The fourth-order valence-electron chi connectivity index (χ4n) is 3.40. The smallest absolute Gasteiger partial charge is 0.140 e. The minimum atomic E-state index is 0.669. The van der Waals surface area contributed by atoms with E-state index >= 15 is 0 Å². The number of hydrogen-bond acceptors (Lipinski definition) is 2. The Morgan fingerprint density at radius 3 is 2.94 bits per heavy atom. The van der Waals surface area contributed by atoms with E-state index in [9.17, 15) is 0 Å². The Hall–Kier alpha value is -0.280. The molecule has 3 atom stereocenters. The molecule has 1 aromatic rings. The quantitative estimate of drug-likeness (QED) is 0.897.